The fourth-order valence-electron chi connectivity index (χ4n) is 2.51. The zero-order chi connectivity index (χ0) is 24.3. The van der Waals surface area contributed by atoms with Crippen LogP contribution in [0.4, 0.5) is 20.1 Å². The number of carbonyl (C=O) groups excluding carboxylic acids is 3. The number of nitrogens with two attached hydrogens (primary N) is 1. The smallest absolute Gasteiger partial charge is 0.465 e. The van der Waals surface area contributed by atoms with Crippen LogP contribution >= 0.6 is 0 Å². The molecule has 0 fully saturated rings. The summed E-state index contributed by atoms with van der Waals surface area (Å²) in [5.74, 6) is -1.29. The minimum atomic E-state index is -1.50. The first-order valence-electron chi connectivity index (χ1n) is 9.51. The summed E-state index contributed by atoms with van der Waals surface area (Å²) in [7, 11) is 0. The molecule has 32 heavy (non-hydrogen) atoms. The molecule has 0 saturated carbocycles. The molecule has 1 rings (SSSR count). The van der Waals surface area contributed by atoms with Gasteiger partial charge < -0.3 is 42.0 Å². The van der Waals surface area contributed by atoms with Gasteiger partial charge >= 0.3 is 18.3 Å². The second kappa shape index (κ2) is 12.0. The van der Waals surface area contributed by atoms with Crippen molar-refractivity contribution in [2.24, 2.45) is 5.73 Å². The molecule has 0 aliphatic heterocycles. The summed E-state index contributed by atoms with van der Waals surface area (Å²) < 4.78 is 4.46. The molecule has 0 spiro atoms. The van der Waals surface area contributed by atoms with Crippen LogP contribution in [0.3, 0.4) is 0 Å². The van der Waals surface area contributed by atoms with Gasteiger partial charge in [-0.05, 0) is 44.4 Å². The van der Waals surface area contributed by atoms with E-state index in [1.807, 2.05) is 0 Å². The lowest BCUT2D eigenvalue weighted by Gasteiger charge is -2.27. The number of nitrogens with one attached hydrogen (secondary N) is 4. The van der Waals surface area contributed by atoms with E-state index in [0.717, 1.165) is 0 Å². The van der Waals surface area contributed by atoms with Crippen LogP contribution in [0.2, 0.25) is 0 Å². The Morgan fingerprint density at radius 1 is 1.09 bits per heavy atom. The molecule has 1 unspecified atom stereocenters. The van der Waals surface area contributed by atoms with E-state index in [0.29, 0.717) is 17.7 Å². The highest BCUT2D eigenvalue weighted by Crippen LogP contribution is 2.13. The number of primary amides is 1. The minimum absolute atomic E-state index is 0.130. The number of amides is 5. The van der Waals surface area contributed by atoms with Crippen LogP contribution in [0.1, 0.15) is 32.3 Å². The van der Waals surface area contributed by atoms with Gasteiger partial charge in [0.15, 0.2) is 0 Å². The first-order valence-corrected chi connectivity index (χ1v) is 9.51. The van der Waals surface area contributed by atoms with E-state index in [-0.39, 0.29) is 19.6 Å². The molecule has 5 amide bonds. The fraction of sp³-hybridized carbons (Fsp3) is 0.421. The van der Waals surface area contributed by atoms with Crippen LogP contribution in [0.25, 0.3) is 0 Å². The van der Waals surface area contributed by atoms with Crippen molar-refractivity contribution in [3.05, 3.63) is 29.8 Å². The summed E-state index contributed by atoms with van der Waals surface area (Å²) in [4.78, 5) is 57.4. The third kappa shape index (κ3) is 9.65. The molecule has 176 valence electrons. The number of hydrogen-bond acceptors (Lipinski definition) is 6. The molecule has 13 nitrogen and oxygen atoms in total. The zero-order valence-corrected chi connectivity index (χ0v) is 17.6. The van der Waals surface area contributed by atoms with Crippen molar-refractivity contribution in [2.45, 2.75) is 44.9 Å². The minimum Gasteiger partial charge on any atom is -0.465 e. The SMILES string of the molecule is CC(C)(NC(=O)O)C(=O)NC(CCCNC(N)=O)C(=O)Nc1ccc(COC(=O)O)cc1. The molecule has 0 bridgehead atoms. The maximum absolute atomic E-state index is 12.7. The van der Waals surface area contributed by atoms with Gasteiger partial charge in [0.25, 0.3) is 0 Å². The Bertz CT molecular complexity index is 841. The second-order valence-electron chi connectivity index (χ2n) is 7.26. The van der Waals surface area contributed by atoms with Crippen molar-refractivity contribution >= 4 is 35.8 Å². The Labute approximate surface area is 183 Å². The molecular weight excluding hydrogens is 426 g/mol. The third-order valence-corrected chi connectivity index (χ3v) is 4.16. The van der Waals surface area contributed by atoms with Crippen molar-refractivity contribution in [3.63, 3.8) is 0 Å². The third-order valence-electron chi connectivity index (χ3n) is 4.16. The van der Waals surface area contributed by atoms with Crippen LogP contribution in [-0.2, 0) is 20.9 Å². The number of carboxylic acid groups (broad SMARTS) is 2. The molecule has 1 atom stereocenters. The van der Waals surface area contributed by atoms with Gasteiger partial charge in [0.05, 0.1) is 0 Å². The molecule has 0 aliphatic carbocycles. The maximum atomic E-state index is 12.7. The molecule has 0 saturated heterocycles. The van der Waals surface area contributed by atoms with Gasteiger partial charge in [-0.25, -0.2) is 14.4 Å². The Hall–Kier alpha value is -4.03. The number of carbonyl (C=O) groups is 5. The second-order valence-corrected chi connectivity index (χ2v) is 7.26. The van der Waals surface area contributed by atoms with E-state index in [9.17, 15) is 24.0 Å². The normalized spacial score (nSPS) is 11.6. The summed E-state index contributed by atoms with van der Waals surface area (Å²) in [6.07, 6.45) is -2.37. The van der Waals surface area contributed by atoms with E-state index in [1.165, 1.54) is 26.0 Å². The molecular formula is C19H27N5O8. The van der Waals surface area contributed by atoms with Crippen molar-refractivity contribution in [3.8, 4) is 0 Å². The monoisotopic (exact) mass is 453 g/mol. The quantitative estimate of drug-likeness (QED) is 0.188. The largest absolute Gasteiger partial charge is 0.506 e. The number of anilines is 1. The lowest BCUT2D eigenvalue weighted by atomic mass is 10.0. The lowest BCUT2D eigenvalue weighted by Crippen LogP contribution is -2.58. The van der Waals surface area contributed by atoms with E-state index >= 15 is 0 Å². The van der Waals surface area contributed by atoms with E-state index in [2.05, 4.69) is 26.0 Å². The van der Waals surface area contributed by atoms with Crippen molar-refractivity contribution in [1.82, 2.24) is 16.0 Å². The number of urea groups is 1. The first kappa shape index (κ1) is 26.0. The van der Waals surface area contributed by atoms with Crippen LogP contribution in [0.5, 0.6) is 0 Å². The topological polar surface area (TPSA) is 209 Å². The highest BCUT2D eigenvalue weighted by atomic mass is 16.7. The number of hydrogen-bond donors (Lipinski definition) is 7. The van der Waals surface area contributed by atoms with Crippen molar-refractivity contribution < 1.29 is 38.9 Å². The summed E-state index contributed by atoms with van der Waals surface area (Å²) >= 11 is 0. The average molecular weight is 453 g/mol. The zero-order valence-electron chi connectivity index (χ0n) is 17.6. The van der Waals surface area contributed by atoms with Gasteiger partial charge in [0.2, 0.25) is 11.8 Å². The molecule has 0 aliphatic rings. The number of rotatable bonds is 11. The van der Waals surface area contributed by atoms with E-state index in [4.69, 9.17) is 15.9 Å². The van der Waals surface area contributed by atoms with Gasteiger partial charge in [-0.2, -0.15) is 0 Å². The first-order chi connectivity index (χ1) is 14.9. The van der Waals surface area contributed by atoms with Crippen molar-refractivity contribution in [2.75, 3.05) is 11.9 Å². The molecule has 8 N–H and O–H groups in total. The van der Waals surface area contributed by atoms with E-state index in [1.54, 1.807) is 12.1 Å². The summed E-state index contributed by atoms with van der Waals surface area (Å²) in [6, 6.07) is 4.41. The Morgan fingerprint density at radius 2 is 1.72 bits per heavy atom. The lowest BCUT2D eigenvalue weighted by molar-refractivity contribution is -0.130. The van der Waals surface area contributed by atoms with Gasteiger partial charge in [0.1, 0.15) is 18.2 Å². The van der Waals surface area contributed by atoms with Gasteiger partial charge in [0, 0.05) is 12.2 Å². The fourth-order valence-corrected chi connectivity index (χ4v) is 2.51. The van der Waals surface area contributed by atoms with Crippen LogP contribution in [-0.4, -0.2) is 58.4 Å². The van der Waals surface area contributed by atoms with Gasteiger partial charge in [-0.15, -0.1) is 0 Å². The molecule has 1 aromatic carbocycles. The van der Waals surface area contributed by atoms with E-state index < -0.39 is 41.7 Å². The standard InChI is InChI=1S/C19H27N5O8/c1-19(2,24-17(28)29)15(26)23-13(4-3-9-21-16(20)27)14(25)22-12-7-5-11(6-8-12)10-32-18(30)31/h5-8,13,24H,3-4,9-10H2,1-2H3,(H,22,25)(H,23,26)(H,28,29)(H,30,31)(H3,20,21,27). The average Bonchev–Trinajstić information content (AvgIpc) is 2.68. The van der Waals surface area contributed by atoms with Crippen LogP contribution < -0.4 is 27.0 Å². The predicted molar refractivity (Wildman–Crippen MR) is 112 cm³/mol. The Kier molecular flexibility index (Phi) is 9.73. The Balaban J connectivity index is 2.84. The maximum Gasteiger partial charge on any atom is 0.506 e. The highest BCUT2D eigenvalue weighted by Gasteiger charge is 2.32. The molecule has 0 aromatic heterocycles. The molecule has 0 heterocycles. The number of ether oxygens (including phenoxy) is 1. The van der Waals surface area contributed by atoms with Gasteiger partial charge in [-0.3, -0.25) is 9.59 Å². The molecule has 1 aromatic rings. The highest BCUT2D eigenvalue weighted by molar-refractivity contribution is 5.99. The van der Waals surface area contributed by atoms with Crippen molar-refractivity contribution in [1.29, 1.82) is 0 Å². The summed E-state index contributed by atoms with van der Waals surface area (Å²) in [5, 5.41) is 27.0. The number of benzene rings is 1. The molecule has 13 heteroatoms. The Morgan fingerprint density at radius 3 is 2.25 bits per heavy atom. The summed E-state index contributed by atoms with van der Waals surface area (Å²) in [5.41, 5.74) is 4.45. The van der Waals surface area contributed by atoms with Gasteiger partial charge in [-0.1, -0.05) is 12.1 Å². The summed E-state index contributed by atoms with van der Waals surface area (Å²) in [6.45, 7) is 2.71. The molecule has 0 radical (unpaired) electrons. The van der Waals surface area contributed by atoms with Crippen LogP contribution in [0.15, 0.2) is 24.3 Å². The van der Waals surface area contributed by atoms with Crippen LogP contribution in [0, 0.1) is 0 Å². The predicted octanol–water partition coefficient (Wildman–Crippen LogP) is 0.799.